The zero-order valence-corrected chi connectivity index (χ0v) is 20.8. The number of fused-ring (bicyclic) bond motifs is 2. The van der Waals surface area contributed by atoms with Crippen molar-refractivity contribution in [2.24, 2.45) is 0 Å². The molecule has 6 rings (SSSR count). The van der Waals surface area contributed by atoms with Crippen LogP contribution >= 0.6 is 0 Å². The van der Waals surface area contributed by atoms with E-state index in [1.54, 1.807) is 19.9 Å². The number of nitrogens with zero attached hydrogens (tertiary/aromatic N) is 4. The van der Waals surface area contributed by atoms with E-state index in [4.69, 9.17) is 9.40 Å². The number of carbonyl (C=O) groups excluding carboxylic acids is 2. The minimum atomic E-state index is -0.566. The van der Waals surface area contributed by atoms with Gasteiger partial charge in [-0.15, -0.1) is 0 Å². The third-order valence-electron chi connectivity index (χ3n) is 6.83. The molecule has 2 aromatic heterocycles. The van der Waals surface area contributed by atoms with Crippen LogP contribution in [0.25, 0.3) is 45.2 Å². The molecule has 0 spiro atoms. The molecule has 0 saturated heterocycles. The van der Waals surface area contributed by atoms with Crippen LogP contribution in [0.2, 0.25) is 0 Å². The van der Waals surface area contributed by atoms with Gasteiger partial charge < -0.3 is 4.42 Å². The van der Waals surface area contributed by atoms with Crippen LogP contribution in [0.5, 0.6) is 0 Å². The van der Waals surface area contributed by atoms with Gasteiger partial charge in [-0.2, -0.15) is 10.2 Å². The molecule has 0 atom stereocenters. The van der Waals surface area contributed by atoms with Crippen molar-refractivity contribution in [1.29, 1.82) is 5.26 Å². The van der Waals surface area contributed by atoms with Gasteiger partial charge in [0.05, 0.1) is 5.69 Å². The number of imide groups is 1. The van der Waals surface area contributed by atoms with Crippen molar-refractivity contribution in [3.63, 3.8) is 0 Å². The summed E-state index contributed by atoms with van der Waals surface area (Å²) in [5.41, 5.74) is 4.10. The summed E-state index contributed by atoms with van der Waals surface area (Å²) in [4.78, 5) is 31.8. The lowest BCUT2D eigenvalue weighted by Crippen LogP contribution is -2.42. The highest BCUT2D eigenvalue weighted by Crippen LogP contribution is 2.33. The maximum absolute atomic E-state index is 13.2. The van der Waals surface area contributed by atoms with Gasteiger partial charge in [0.25, 0.3) is 11.8 Å². The molecule has 7 heteroatoms. The SMILES string of the molecule is CCN1C(=O)C(C#N)=C(C)/C(=C/c2cc3oc(-c4ccc5ccccc5c4)nc3n2-c2ccccc2)C1=O. The van der Waals surface area contributed by atoms with E-state index in [0.29, 0.717) is 28.4 Å². The first kappa shape index (κ1) is 23.2. The standard InChI is InChI=1S/C31H22N4O3/c1-3-34-30(36)25(19(2)26(18-32)31(34)37)16-24-17-27-28(35(24)23-11-5-4-6-12-23)33-29(38-27)22-14-13-20-9-7-8-10-21(20)15-22/h4-17H,3H2,1-2H3/b25-16-. The Morgan fingerprint density at radius 3 is 2.42 bits per heavy atom. The number of oxazole rings is 1. The highest BCUT2D eigenvalue weighted by molar-refractivity contribution is 6.19. The number of amides is 2. The van der Waals surface area contributed by atoms with Gasteiger partial charge in [-0.25, -0.2) is 0 Å². The Hall–Kier alpha value is -5.22. The molecule has 7 nitrogen and oxygen atoms in total. The Labute approximate surface area is 218 Å². The molecule has 184 valence electrons. The van der Waals surface area contributed by atoms with Crippen LogP contribution in [0.4, 0.5) is 0 Å². The van der Waals surface area contributed by atoms with E-state index in [1.807, 2.05) is 83.4 Å². The van der Waals surface area contributed by atoms with E-state index in [2.05, 4.69) is 6.07 Å². The van der Waals surface area contributed by atoms with Crippen molar-refractivity contribution in [2.45, 2.75) is 13.8 Å². The molecule has 0 bridgehead atoms. The number of para-hydroxylation sites is 1. The van der Waals surface area contributed by atoms with E-state index >= 15 is 0 Å². The molecule has 0 saturated carbocycles. The predicted octanol–water partition coefficient (Wildman–Crippen LogP) is 6.05. The van der Waals surface area contributed by atoms with Crippen molar-refractivity contribution in [3.8, 4) is 23.2 Å². The lowest BCUT2D eigenvalue weighted by molar-refractivity contribution is -0.140. The lowest BCUT2D eigenvalue weighted by Gasteiger charge is -2.26. The smallest absolute Gasteiger partial charge is 0.271 e. The molecular formula is C31H22N4O3. The first-order chi connectivity index (χ1) is 18.5. The number of benzene rings is 3. The maximum atomic E-state index is 13.2. The molecule has 0 unspecified atom stereocenters. The Kier molecular flexibility index (Phi) is 5.50. The fourth-order valence-electron chi connectivity index (χ4n) is 4.86. The third kappa shape index (κ3) is 3.62. The van der Waals surface area contributed by atoms with Gasteiger partial charge >= 0.3 is 0 Å². The summed E-state index contributed by atoms with van der Waals surface area (Å²) in [6, 6.07) is 27.6. The van der Waals surface area contributed by atoms with Crippen molar-refractivity contribution >= 4 is 39.9 Å². The Morgan fingerprint density at radius 2 is 1.68 bits per heavy atom. The van der Waals surface area contributed by atoms with Crippen LogP contribution in [0.1, 0.15) is 19.5 Å². The largest absolute Gasteiger partial charge is 0.434 e. The summed E-state index contributed by atoms with van der Waals surface area (Å²) >= 11 is 0. The van der Waals surface area contributed by atoms with Gasteiger partial charge in [-0.3, -0.25) is 19.1 Å². The van der Waals surface area contributed by atoms with Crippen LogP contribution in [0, 0.1) is 11.3 Å². The molecular weight excluding hydrogens is 476 g/mol. The zero-order valence-electron chi connectivity index (χ0n) is 20.8. The molecule has 1 aliphatic heterocycles. The number of hydrogen-bond donors (Lipinski definition) is 0. The Bertz CT molecular complexity index is 1870. The zero-order chi connectivity index (χ0) is 26.4. The molecule has 2 amide bonds. The number of carbonyl (C=O) groups is 2. The summed E-state index contributed by atoms with van der Waals surface area (Å²) in [5, 5.41) is 11.8. The number of hydrogen-bond acceptors (Lipinski definition) is 5. The molecule has 38 heavy (non-hydrogen) atoms. The normalized spacial score (nSPS) is 15.2. The number of rotatable bonds is 4. The van der Waals surface area contributed by atoms with Crippen molar-refractivity contribution in [1.82, 2.24) is 14.5 Å². The Morgan fingerprint density at radius 1 is 0.947 bits per heavy atom. The van der Waals surface area contributed by atoms with Gasteiger partial charge in [0.2, 0.25) is 5.89 Å². The summed E-state index contributed by atoms with van der Waals surface area (Å²) in [6.45, 7) is 3.51. The lowest BCUT2D eigenvalue weighted by atomic mass is 9.94. The fourth-order valence-corrected chi connectivity index (χ4v) is 4.86. The van der Waals surface area contributed by atoms with Crippen molar-refractivity contribution < 1.29 is 14.0 Å². The molecule has 1 aliphatic rings. The topological polar surface area (TPSA) is 92.1 Å². The molecule has 0 radical (unpaired) electrons. The summed E-state index contributed by atoms with van der Waals surface area (Å²) in [7, 11) is 0. The number of nitriles is 1. The Balaban J connectivity index is 1.55. The molecule has 0 fully saturated rings. The highest BCUT2D eigenvalue weighted by atomic mass is 16.3. The first-order valence-corrected chi connectivity index (χ1v) is 12.3. The second kappa shape index (κ2) is 9.02. The van der Waals surface area contributed by atoms with E-state index in [1.165, 1.54) is 0 Å². The second-order valence-electron chi connectivity index (χ2n) is 9.03. The molecule has 3 aromatic carbocycles. The van der Waals surface area contributed by atoms with Crippen LogP contribution < -0.4 is 0 Å². The minimum Gasteiger partial charge on any atom is -0.434 e. The summed E-state index contributed by atoms with van der Waals surface area (Å²) < 4.78 is 8.13. The molecule has 5 aromatic rings. The van der Waals surface area contributed by atoms with Crippen molar-refractivity contribution in [2.75, 3.05) is 6.54 Å². The molecule has 0 aliphatic carbocycles. The summed E-state index contributed by atoms with van der Waals surface area (Å²) in [6.07, 6.45) is 1.70. The fraction of sp³-hybridized carbons (Fsp3) is 0.0968. The number of aromatic nitrogens is 2. The van der Waals surface area contributed by atoms with Crippen LogP contribution in [-0.2, 0) is 9.59 Å². The van der Waals surface area contributed by atoms with Gasteiger partial charge in [-0.05, 0) is 60.5 Å². The molecule has 3 heterocycles. The minimum absolute atomic E-state index is 0.0316. The van der Waals surface area contributed by atoms with E-state index in [0.717, 1.165) is 26.9 Å². The number of likely N-dealkylation sites (N-methyl/N-ethyl adjacent to an activating group) is 1. The van der Waals surface area contributed by atoms with E-state index < -0.39 is 11.8 Å². The quantitative estimate of drug-likeness (QED) is 0.222. The average Bonchev–Trinajstić information content (AvgIpc) is 3.49. The van der Waals surface area contributed by atoms with Crippen LogP contribution in [0.15, 0.2) is 100.0 Å². The average molecular weight is 499 g/mol. The summed E-state index contributed by atoms with van der Waals surface area (Å²) in [5.74, 6) is -0.510. The highest BCUT2D eigenvalue weighted by Gasteiger charge is 2.34. The monoisotopic (exact) mass is 498 g/mol. The first-order valence-electron chi connectivity index (χ1n) is 12.3. The third-order valence-corrected chi connectivity index (χ3v) is 6.83. The van der Waals surface area contributed by atoms with E-state index in [-0.39, 0.29) is 17.7 Å². The van der Waals surface area contributed by atoms with Crippen LogP contribution in [0.3, 0.4) is 0 Å². The predicted molar refractivity (Wildman–Crippen MR) is 145 cm³/mol. The van der Waals surface area contributed by atoms with Gasteiger partial charge in [0, 0.05) is 29.4 Å². The van der Waals surface area contributed by atoms with Crippen molar-refractivity contribution in [3.05, 3.63) is 101 Å². The molecule has 0 N–H and O–H groups in total. The van der Waals surface area contributed by atoms with Gasteiger partial charge in [0.15, 0.2) is 11.2 Å². The van der Waals surface area contributed by atoms with E-state index in [9.17, 15) is 14.9 Å². The van der Waals surface area contributed by atoms with Crippen LogP contribution in [-0.4, -0.2) is 32.8 Å². The van der Waals surface area contributed by atoms with Gasteiger partial charge in [-0.1, -0.05) is 48.5 Å². The van der Waals surface area contributed by atoms with Gasteiger partial charge in [0.1, 0.15) is 11.6 Å². The second-order valence-corrected chi connectivity index (χ2v) is 9.03. The maximum Gasteiger partial charge on any atom is 0.271 e.